The van der Waals surface area contributed by atoms with Crippen molar-refractivity contribution in [2.75, 3.05) is 0 Å². The molecule has 65 heavy (non-hydrogen) atoms. The Hall–Kier alpha value is -8.08. The molecule has 0 radical (unpaired) electrons. The van der Waals surface area contributed by atoms with Gasteiger partial charge in [0.15, 0.2) is 11.6 Å². The molecule has 2 heterocycles. The van der Waals surface area contributed by atoms with Crippen LogP contribution in [0.25, 0.3) is 90.1 Å². The summed E-state index contributed by atoms with van der Waals surface area (Å²) in [5, 5.41) is 0. The van der Waals surface area contributed by atoms with Crippen molar-refractivity contribution in [1.82, 2.24) is 19.9 Å². The summed E-state index contributed by atoms with van der Waals surface area (Å²) in [5.74, 6) is 1.41. The van der Waals surface area contributed by atoms with E-state index in [1.54, 1.807) is 0 Å². The Labute approximate surface area is 382 Å². The molecule has 0 amide bonds. The van der Waals surface area contributed by atoms with E-state index in [2.05, 4.69) is 208 Å². The molecule has 10 rings (SSSR count). The molecule has 10 aromatic rings. The summed E-state index contributed by atoms with van der Waals surface area (Å²) in [4.78, 5) is 20.5. The Bertz CT molecular complexity index is 2930. The van der Waals surface area contributed by atoms with Crippen LogP contribution in [0.4, 0.5) is 0 Å². The maximum Gasteiger partial charge on any atom is 0.160 e. The lowest BCUT2D eigenvalue weighted by molar-refractivity contribution is 0.478. The molecule has 4 heteroatoms. The zero-order chi connectivity index (χ0) is 44.0. The van der Waals surface area contributed by atoms with E-state index in [4.69, 9.17) is 19.9 Å². The van der Waals surface area contributed by atoms with Crippen molar-refractivity contribution in [2.24, 2.45) is 0 Å². The summed E-state index contributed by atoms with van der Waals surface area (Å²) in [6.45, 7) is 4.59. The first-order valence-corrected chi connectivity index (χ1v) is 22.5. The van der Waals surface area contributed by atoms with E-state index in [1.807, 2.05) is 36.4 Å². The van der Waals surface area contributed by atoms with Gasteiger partial charge in [-0.15, -0.1) is 0 Å². The Morgan fingerprint density at radius 3 is 0.831 bits per heavy atom. The van der Waals surface area contributed by atoms with Crippen molar-refractivity contribution in [3.63, 3.8) is 0 Å². The van der Waals surface area contributed by atoms with E-state index in [0.717, 1.165) is 74.6 Å². The van der Waals surface area contributed by atoms with Gasteiger partial charge in [0, 0.05) is 38.8 Å². The number of hydrogen-bond donors (Lipinski definition) is 0. The highest BCUT2D eigenvalue weighted by Gasteiger charge is 2.31. The first kappa shape index (κ1) is 41.0. The third-order valence-corrected chi connectivity index (χ3v) is 12.8. The molecule has 0 aliphatic heterocycles. The monoisotopic (exact) mass is 836 g/mol. The zero-order valence-electron chi connectivity index (χ0n) is 36.6. The molecule has 0 N–H and O–H groups in total. The summed E-state index contributed by atoms with van der Waals surface area (Å²) in [5.41, 5.74) is 16.8. The summed E-state index contributed by atoms with van der Waals surface area (Å²) in [7, 11) is 0. The van der Waals surface area contributed by atoms with Crippen LogP contribution in [0.1, 0.15) is 37.8 Å². The van der Waals surface area contributed by atoms with Crippen LogP contribution < -0.4 is 0 Å². The number of benzene rings is 8. The van der Waals surface area contributed by atoms with Crippen LogP contribution in [0.15, 0.2) is 231 Å². The molecule has 2 aromatic heterocycles. The van der Waals surface area contributed by atoms with Crippen LogP contribution in [-0.2, 0) is 5.41 Å². The van der Waals surface area contributed by atoms with E-state index in [-0.39, 0.29) is 5.41 Å². The standard InChI is InChI=1S/C61H48N4/c1-3-61(4-2,53-37-33-49(34-38-53)57-41-55(47-21-13-7-14-22-47)62-60(65-57)52-31-27-46(28-32-52)44-19-11-6-12-20-44)54-39-35-50(36-40-54)58-42-56(63-59(64-58)51-23-15-8-16-24-51)48-29-25-45(26-30-48)43-17-9-5-10-18-43/h5-42H,3-4H2,1-2H3. The average Bonchev–Trinajstić information content (AvgIpc) is 3.40. The van der Waals surface area contributed by atoms with E-state index in [1.165, 1.54) is 27.8 Å². The molecular formula is C61H48N4. The van der Waals surface area contributed by atoms with Crippen LogP contribution in [-0.4, -0.2) is 19.9 Å². The van der Waals surface area contributed by atoms with Crippen LogP contribution in [0.2, 0.25) is 0 Å². The normalized spacial score (nSPS) is 11.4. The van der Waals surface area contributed by atoms with Crippen molar-refractivity contribution in [2.45, 2.75) is 32.1 Å². The van der Waals surface area contributed by atoms with Gasteiger partial charge in [0.05, 0.1) is 22.8 Å². The highest BCUT2D eigenvalue weighted by molar-refractivity contribution is 5.76. The smallest absolute Gasteiger partial charge is 0.160 e. The maximum absolute atomic E-state index is 5.18. The highest BCUT2D eigenvalue weighted by atomic mass is 14.9. The van der Waals surface area contributed by atoms with E-state index >= 15 is 0 Å². The van der Waals surface area contributed by atoms with Gasteiger partial charge in [0.2, 0.25) is 0 Å². The first-order valence-electron chi connectivity index (χ1n) is 22.5. The molecule has 0 bridgehead atoms. The second-order valence-corrected chi connectivity index (χ2v) is 16.5. The molecule has 0 aliphatic carbocycles. The molecule has 312 valence electrons. The molecular weight excluding hydrogens is 789 g/mol. The number of aromatic nitrogens is 4. The van der Waals surface area contributed by atoms with Crippen LogP contribution in [0.5, 0.6) is 0 Å². The molecule has 0 unspecified atom stereocenters. The third kappa shape index (κ3) is 8.55. The van der Waals surface area contributed by atoms with Gasteiger partial charge in [-0.3, -0.25) is 0 Å². The van der Waals surface area contributed by atoms with Gasteiger partial charge >= 0.3 is 0 Å². The van der Waals surface area contributed by atoms with Gasteiger partial charge in [0.25, 0.3) is 0 Å². The maximum atomic E-state index is 5.18. The largest absolute Gasteiger partial charge is 0.228 e. The van der Waals surface area contributed by atoms with Gasteiger partial charge in [-0.25, -0.2) is 19.9 Å². The number of hydrogen-bond acceptors (Lipinski definition) is 4. The van der Waals surface area contributed by atoms with Crippen molar-refractivity contribution in [1.29, 1.82) is 0 Å². The summed E-state index contributed by atoms with van der Waals surface area (Å²) in [6, 6.07) is 81.0. The van der Waals surface area contributed by atoms with Gasteiger partial charge in [0.1, 0.15) is 0 Å². The van der Waals surface area contributed by atoms with Crippen molar-refractivity contribution >= 4 is 0 Å². The predicted molar refractivity (Wildman–Crippen MR) is 269 cm³/mol. The molecule has 0 atom stereocenters. The Balaban J connectivity index is 0.966. The fourth-order valence-electron chi connectivity index (χ4n) is 9.00. The van der Waals surface area contributed by atoms with E-state index in [9.17, 15) is 0 Å². The molecule has 0 fully saturated rings. The lowest BCUT2D eigenvalue weighted by Crippen LogP contribution is -2.26. The van der Waals surface area contributed by atoms with Gasteiger partial charge < -0.3 is 0 Å². The van der Waals surface area contributed by atoms with Crippen LogP contribution in [0, 0.1) is 0 Å². The Morgan fingerprint density at radius 2 is 0.492 bits per heavy atom. The lowest BCUT2D eigenvalue weighted by Gasteiger charge is -2.33. The van der Waals surface area contributed by atoms with Crippen molar-refractivity contribution in [3.8, 4) is 90.1 Å². The van der Waals surface area contributed by atoms with Crippen LogP contribution >= 0.6 is 0 Å². The SMILES string of the molecule is CCC(CC)(c1ccc(-c2cc(-c3ccc(-c4ccccc4)cc3)nc(-c3ccccc3)n2)cc1)c1ccc(-c2cc(-c3ccccc3)nc(-c3ccc(-c4ccccc4)cc3)n2)cc1. The summed E-state index contributed by atoms with van der Waals surface area (Å²) in [6.07, 6.45) is 1.90. The summed E-state index contributed by atoms with van der Waals surface area (Å²) < 4.78 is 0. The molecule has 0 saturated carbocycles. The van der Waals surface area contributed by atoms with Gasteiger partial charge in [-0.2, -0.15) is 0 Å². The summed E-state index contributed by atoms with van der Waals surface area (Å²) >= 11 is 0. The zero-order valence-corrected chi connectivity index (χ0v) is 36.6. The van der Waals surface area contributed by atoms with Crippen molar-refractivity contribution < 1.29 is 0 Å². The Kier molecular flexibility index (Phi) is 11.6. The minimum absolute atomic E-state index is 0.184. The van der Waals surface area contributed by atoms with Gasteiger partial charge in [-0.1, -0.05) is 232 Å². The van der Waals surface area contributed by atoms with Gasteiger partial charge in [-0.05, 0) is 58.4 Å². The minimum Gasteiger partial charge on any atom is -0.228 e. The topological polar surface area (TPSA) is 51.6 Å². The predicted octanol–water partition coefficient (Wildman–Crippen LogP) is 15.7. The lowest BCUT2D eigenvalue weighted by atomic mass is 9.70. The molecule has 4 nitrogen and oxygen atoms in total. The Morgan fingerprint density at radius 1 is 0.262 bits per heavy atom. The third-order valence-electron chi connectivity index (χ3n) is 12.8. The molecule has 0 saturated heterocycles. The average molecular weight is 837 g/mol. The van der Waals surface area contributed by atoms with E-state index < -0.39 is 0 Å². The fourth-order valence-corrected chi connectivity index (χ4v) is 9.00. The molecule has 0 aliphatic rings. The van der Waals surface area contributed by atoms with E-state index in [0.29, 0.717) is 11.6 Å². The molecule has 0 spiro atoms. The minimum atomic E-state index is -0.184. The fraction of sp³-hybridized carbons (Fsp3) is 0.0820. The van der Waals surface area contributed by atoms with Crippen LogP contribution in [0.3, 0.4) is 0 Å². The van der Waals surface area contributed by atoms with Crippen molar-refractivity contribution in [3.05, 3.63) is 242 Å². The second-order valence-electron chi connectivity index (χ2n) is 16.5. The number of nitrogens with zero attached hydrogens (tertiary/aromatic N) is 4. The second kappa shape index (κ2) is 18.3. The highest BCUT2D eigenvalue weighted by Crippen LogP contribution is 2.41. The quantitative estimate of drug-likeness (QED) is 0.123. The molecule has 8 aromatic carbocycles. The number of rotatable bonds is 12. The first-order chi connectivity index (χ1) is 32.1.